The van der Waals surface area contributed by atoms with Gasteiger partial charge < -0.3 is 5.11 Å². The fourth-order valence-corrected chi connectivity index (χ4v) is 2.27. The Morgan fingerprint density at radius 1 is 1.67 bits per heavy atom. The molecule has 1 unspecified atom stereocenters. The van der Waals surface area contributed by atoms with Gasteiger partial charge in [-0.25, -0.2) is 13.1 Å². The van der Waals surface area contributed by atoms with Crippen LogP contribution in [0.2, 0.25) is 0 Å². The third kappa shape index (κ3) is 2.55. The monoisotopic (exact) mass is 231 g/mol. The molecule has 3 N–H and O–H groups in total. The van der Waals surface area contributed by atoms with Gasteiger partial charge in [-0.15, -0.1) is 0 Å². The van der Waals surface area contributed by atoms with Crippen LogP contribution in [0, 0.1) is 5.92 Å². The summed E-state index contributed by atoms with van der Waals surface area (Å²) in [6.45, 7) is 0.0676. The van der Waals surface area contributed by atoms with E-state index in [0.717, 1.165) is 12.8 Å². The molecule has 6 nitrogen and oxygen atoms in total. The highest BCUT2D eigenvalue weighted by atomic mass is 32.2. The van der Waals surface area contributed by atoms with Crippen molar-refractivity contribution in [1.82, 2.24) is 14.9 Å². The lowest BCUT2D eigenvalue weighted by Gasteiger charge is -2.09. The van der Waals surface area contributed by atoms with E-state index >= 15 is 0 Å². The number of hydrogen-bond acceptors (Lipinski definition) is 4. The molecule has 7 heteroatoms. The minimum atomic E-state index is -3.52. The van der Waals surface area contributed by atoms with Crippen LogP contribution < -0.4 is 4.72 Å². The van der Waals surface area contributed by atoms with Gasteiger partial charge in [0.2, 0.25) is 10.0 Å². The molecule has 1 heterocycles. The molecule has 1 atom stereocenters. The predicted molar refractivity (Wildman–Crippen MR) is 52.5 cm³/mol. The Morgan fingerprint density at radius 3 is 2.93 bits per heavy atom. The summed E-state index contributed by atoms with van der Waals surface area (Å²) >= 11 is 0. The zero-order valence-electron chi connectivity index (χ0n) is 8.05. The van der Waals surface area contributed by atoms with Crippen molar-refractivity contribution in [3.8, 4) is 0 Å². The maximum absolute atomic E-state index is 11.6. The third-order valence-electron chi connectivity index (χ3n) is 2.43. The van der Waals surface area contributed by atoms with E-state index < -0.39 is 16.1 Å². The summed E-state index contributed by atoms with van der Waals surface area (Å²) in [5.41, 5.74) is 0. The Bertz CT molecular complexity index is 410. The van der Waals surface area contributed by atoms with Gasteiger partial charge in [-0.2, -0.15) is 5.10 Å². The fourth-order valence-electron chi connectivity index (χ4n) is 1.31. The molecule has 84 valence electrons. The Labute approximate surface area is 87.8 Å². The predicted octanol–water partition coefficient (Wildman–Crippen LogP) is -0.541. The van der Waals surface area contributed by atoms with Crippen LogP contribution >= 0.6 is 0 Å². The van der Waals surface area contributed by atoms with E-state index in [-0.39, 0.29) is 17.4 Å². The van der Waals surface area contributed by atoms with Crippen molar-refractivity contribution in [1.29, 1.82) is 0 Å². The van der Waals surface area contributed by atoms with Crippen molar-refractivity contribution in [2.24, 2.45) is 5.92 Å². The number of rotatable bonds is 5. The number of nitrogens with one attached hydrogen (secondary N) is 2. The van der Waals surface area contributed by atoms with Gasteiger partial charge >= 0.3 is 0 Å². The SMILES string of the molecule is O=S(=O)(NCC(O)C1CC1)c1cn[nH]c1. The van der Waals surface area contributed by atoms with Crippen molar-refractivity contribution >= 4 is 10.0 Å². The second-order valence-electron chi connectivity index (χ2n) is 3.69. The Hall–Kier alpha value is -0.920. The number of aliphatic hydroxyl groups is 1. The van der Waals surface area contributed by atoms with Crippen LogP contribution in [-0.2, 0) is 10.0 Å². The number of aromatic nitrogens is 2. The van der Waals surface area contributed by atoms with Gasteiger partial charge in [-0.05, 0) is 18.8 Å². The zero-order chi connectivity index (χ0) is 10.9. The molecule has 0 aliphatic heterocycles. The minimum absolute atomic E-state index is 0.0676. The van der Waals surface area contributed by atoms with Crippen LogP contribution in [0.3, 0.4) is 0 Å². The molecule has 1 aromatic rings. The van der Waals surface area contributed by atoms with Crippen LogP contribution in [0.5, 0.6) is 0 Å². The fraction of sp³-hybridized carbons (Fsp3) is 0.625. The van der Waals surface area contributed by atoms with E-state index in [1.54, 1.807) is 0 Å². The molecule has 1 aliphatic carbocycles. The van der Waals surface area contributed by atoms with Crippen molar-refractivity contribution in [3.05, 3.63) is 12.4 Å². The maximum Gasteiger partial charge on any atom is 0.243 e. The summed E-state index contributed by atoms with van der Waals surface area (Å²) in [7, 11) is -3.52. The van der Waals surface area contributed by atoms with E-state index in [9.17, 15) is 13.5 Å². The number of H-pyrrole nitrogens is 1. The largest absolute Gasteiger partial charge is 0.391 e. The summed E-state index contributed by atoms with van der Waals surface area (Å²) in [4.78, 5) is 0.0884. The first kappa shape index (κ1) is 10.6. The molecule has 0 radical (unpaired) electrons. The summed E-state index contributed by atoms with van der Waals surface area (Å²) in [5, 5.41) is 15.5. The Balaban J connectivity index is 1.93. The van der Waals surface area contributed by atoms with Crippen LogP contribution in [0.15, 0.2) is 17.3 Å². The van der Waals surface area contributed by atoms with Gasteiger partial charge in [-0.3, -0.25) is 5.10 Å². The highest BCUT2D eigenvalue weighted by molar-refractivity contribution is 7.89. The van der Waals surface area contributed by atoms with Gasteiger partial charge in [0.05, 0.1) is 12.3 Å². The average Bonchev–Trinajstić information content (AvgIpc) is 2.89. The van der Waals surface area contributed by atoms with Crippen LogP contribution in [-0.4, -0.2) is 36.4 Å². The van der Waals surface area contributed by atoms with E-state index in [4.69, 9.17) is 0 Å². The lowest BCUT2D eigenvalue weighted by molar-refractivity contribution is 0.155. The highest BCUT2D eigenvalue weighted by Crippen LogP contribution is 2.32. The van der Waals surface area contributed by atoms with Crippen LogP contribution in [0.25, 0.3) is 0 Å². The van der Waals surface area contributed by atoms with Crippen LogP contribution in [0.1, 0.15) is 12.8 Å². The molecule has 0 saturated heterocycles. The number of sulfonamides is 1. The summed E-state index contributed by atoms with van der Waals surface area (Å²) in [6.07, 6.45) is 3.91. The van der Waals surface area contributed by atoms with E-state index in [1.165, 1.54) is 12.4 Å². The zero-order valence-corrected chi connectivity index (χ0v) is 8.87. The summed E-state index contributed by atoms with van der Waals surface area (Å²) in [6, 6.07) is 0. The molecular weight excluding hydrogens is 218 g/mol. The molecule has 1 aliphatic rings. The van der Waals surface area contributed by atoms with Crippen molar-refractivity contribution in [2.75, 3.05) is 6.54 Å². The smallest absolute Gasteiger partial charge is 0.243 e. The van der Waals surface area contributed by atoms with E-state index in [0.29, 0.717) is 0 Å². The first-order valence-electron chi connectivity index (χ1n) is 4.76. The molecule has 15 heavy (non-hydrogen) atoms. The molecule has 0 amide bonds. The molecule has 0 spiro atoms. The molecule has 1 saturated carbocycles. The van der Waals surface area contributed by atoms with Crippen LogP contribution in [0.4, 0.5) is 0 Å². The topological polar surface area (TPSA) is 95.1 Å². The standard InChI is InChI=1S/C8H13N3O3S/c12-8(6-1-2-6)5-11-15(13,14)7-3-9-10-4-7/h3-4,6,8,11-12H,1-2,5H2,(H,9,10). The second-order valence-corrected chi connectivity index (χ2v) is 5.46. The highest BCUT2D eigenvalue weighted by Gasteiger charge is 2.30. The van der Waals surface area contributed by atoms with E-state index in [2.05, 4.69) is 14.9 Å². The van der Waals surface area contributed by atoms with Gasteiger partial charge in [0.15, 0.2) is 0 Å². The van der Waals surface area contributed by atoms with Gasteiger partial charge in [0, 0.05) is 12.7 Å². The van der Waals surface area contributed by atoms with Gasteiger partial charge in [0.1, 0.15) is 4.90 Å². The first-order valence-corrected chi connectivity index (χ1v) is 6.24. The quantitative estimate of drug-likeness (QED) is 0.634. The molecule has 2 rings (SSSR count). The number of aromatic amines is 1. The lowest BCUT2D eigenvalue weighted by Crippen LogP contribution is -2.33. The average molecular weight is 231 g/mol. The second kappa shape index (κ2) is 3.92. The molecule has 0 aromatic carbocycles. The summed E-state index contributed by atoms with van der Waals surface area (Å²) in [5.74, 6) is 0.261. The van der Waals surface area contributed by atoms with E-state index in [1.807, 2.05) is 0 Å². The van der Waals surface area contributed by atoms with Crippen molar-refractivity contribution in [2.45, 2.75) is 23.8 Å². The maximum atomic E-state index is 11.6. The van der Waals surface area contributed by atoms with Crippen molar-refractivity contribution < 1.29 is 13.5 Å². The van der Waals surface area contributed by atoms with Gasteiger partial charge in [-0.1, -0.05) is 0 Å². The normalized spacial score (nSPS) is 19.0. The van der Waals surface area contributed by atoms with Gasteiger partial charge in [0.25, 0.3) is 0 Å². The number of hydrogen-bond donors (Lipinski definition) is 3. The minimum Gasteiger partial charge on any atom is -0.391 e. The molecule has 1 aromatic heterocycles. The summed E-state index contributed by atoms with van der Waals surface area (Å²) < 4.78 is 25.5. The van der Waals surface area contributed by atoms with Crippen molar-refractivity contribution in [3.63, 3.8) is 0 Å². The Morgan fingerprint density at radius 2 is 2.40 bits per heavy atom. The number of aliphatic hydroxyl groups excluding tert-OH is 1. The first-order chi connectivity index (χ1) is 7.09. The molecular formula is C8H13N3O3S. The third-order valence-corrected chi connectivity index (χ3v) is 3.82. The molecule has 0 bridgehead atoms. The Kier molecular flexibility index (Phi) is 2.76. The lowest BCUT2D eigenvalue weighted by atomic mass is 10.2. The molecule has 1 fully saturated rings. The number of nitrogens with zero attached hydrogens (tertiary/aromatic N) is 1.